The summed E-state index contributed by atoms with van der Waals surface area (Å²) in [6.07, 6.45) is 1.89. The van der Waals surface area contributed by atoms with E-state index in [-0.39, 0.29) is 0 Å². The molecule has 50 heavy (non-hydrogen) atoms. The molecule has 11 rings (SSSR count). The number of nitrogens with zero attached hydrogens (tertiary/aromatic N) is 2. The fraction of sp³-hybridized carbons (Fsp3) is 0. The number of benzene rings is 8. The normalized spacial score (nSPS) is 12.0. The van der Waals surface area contributed by atoms with E-state index in [1.165, 1.54) is 91.0 Å². The van der Waals surface area contributed by atoms with Crippen molar-refractivity contribution >= 4 is 85.8 Å². The standard InChI is InChI=1S/C47H28N2S/c1-2-13-32-29(11-1)12-9-19-36(32)46-39-17-5-3-15-37(39)45(38-16-4-6-18-40(38)46)30-22-24-34-35-25-23-31(28-44(35)50-43(34)27-30)49-42-21-8-7-14-33(42)41-20-10-26-48-47(41)49/h1-28H. The van der Waals surface area contributed by atoms with Crippen LogP contribution in [0, 0.1) is 0 Å². The minimum absolute atomic E-state index is 0.988. The van der Waals surface area contributed by atoms with Gasteiger partial charge in [0.1, 0.15) is 5.65 Å². The second-order valence-electron chi connectivity index (χ2n) is 13.1. The summed E-state index contributed by atoms with van der Waals surface area (Å²) in [6.45, 7) is 0. The molecule has 2 nitrogen and oxygen atoms in total. The van der Waals surface area contributed by atoms with Gasteiger partial charge in [-0.25, -0.2) is 4.98 Å². The van der Waals surface area contributed by atoms with Crippen LogP contribution in [0.5, 0.6) is 0 Å². The molecule has 8 aromatic carbocycles. The molecule has 0 saturated carbocycles. The van der Waals surface area contributed by atoms with E-state index < -0.39 is 0 Å². The monoisotopic (exact) mass is 652 g/mol. The molecule has 0 aliphatic heterocycles. The van der Waals surface area contributed by atoms with E-state index >= 15 is 0 Å². The third kappa shape index (κ3) is 3.92. The number of hydrogen-bond acceptors (Lipinski definition) is 2. The highest BCUT2D eigenvalue weighted by Crippen LogP contribution is 2.46. The quantitative estimate of drug-likeness (QED) is 0.174. The van der Waals surface area contributed by atoms with E-state index in [2.05, 4.69) is 162 Å². The van der Waals surface area contributed by atoms with Gasteiger partial charge in [0.2, 0.25) is 0 Å². The smallest absolute Gasteiger partial charge is 0.145 e. The first kappa shape index (κ1) is 27.6. The van der Waals surface area contributed by atoms with E-state index in [1.54, 1.807) is 0 Å². The van der Waals surface area contributed by atoms with Crippen LogP contribution in [0.15, 0.2) is 170 Å². The van der Waals surface area contributed by atoms with E-state index in [0.29, 0.717) is 0 Å². The van der Waals surface area contributed by atoms with Gasteiger partial charge in [-0.05, 0) is 91.0 Å². The number of hydrogen-bond donors (Lipinski definition) is 0. The molecule has 3 heterocycles. The molecule has 11 aromatic rings. The lowest BCUT2D eigenvalue weighted by Crippen LogP contribution is -1.94. The molecule has 0 saturated heterocycles. The number of pyridine rings is 1. The summed E-state index contributed by atoms with van der Waals surface area (Å²) in [6, 6.07) is 60.0. The Kier molecular flexibility index (Phi) is 5.86. The van der Waals surface area contributed by atoms with Gasteiger partial charge in [0, 0.05) is 42.8 Å². The molecule has 0 N–H and O–H groups in total. The van der Waals surface area contributed by atoms with Gasteiger partial charge in [-0.3, -0.25) is 4.57 Å². The van der Waals surface area contributed by atoms with Gasteiger partial charge in [0.05, 0.1) is 5.52 Å². The lowest BCUT2D eigenvalue weighted by Gasteiger charge is -2.18. The number of para-hydroxylation sites is 1. The molecule has 3 heteroatoms. The first-order valence-corrected chi connectivity index (χ1v) is 17.9. The maximum atomic E-state index is 4.82. The maximum absolute atomic E-state index is 4.82. The predicted molar refractivity (Wildman–Crippen MR) is 215 cm³/mol. The molecule has 232 valence electrons. The van der Waals surface area contributed by atoms with Crippen molar-refractivity contribution in [2.75, 3.05) is 0 Å². The minimum Gasteiger partial charge on any atom is -0.294 e. The van der Waals surface area contributed by atoms with Crippen molar-refractivity contribution < 1.29 is 0 Å². The van der Waals surface area contributed by atoms with Crippen LogP contribution in [0.2, 0.25) is 0 Å². The predicted octanol–water partition coefficient (Wildman–Crippen LogP) is 13.3. The Morgan fingerprint density at radius 1 is 0.420 bits per heavy atom. The van der Waals surface area contributed by atoms with Crippen LogP contribution in [0.1, 0.15) is 0 Å². The Balaban J connectivity index is 1.13. The van der Waals surface area contributed by atoms with Crippen molar-refractivity contribution in [2.24, 2.45) is 0 Å². The third-order valence-corrected chi connectivity index (χ3v) is 11.5. The lowest BCUT2D eigenvalue weighted by atomic mass is 9.84. The van der Waals surface area contributed by atoms with E-state index in [4.69, 9.17) is 4.98 Å². The molecule has 0 amide bonds. The van der Waals surface area contributed by atoms with Crippen molar-refractivity contribution in [3.05, 3.63) is 170 Å². The van der Waals surface area contributed by atoms with Gasteiger partial charge in [-0.2, -0.15) is 0 Å². The van der Waals surface area contributed by atoms with Crippen molar-refractivity contribution in [1.82, 2.24) is 9.55 Å². The number of thiophene rings is 1. The van der Waals surface area contributed by atoms with Crippen molar-refractivity contribution in [1.29, 1.82) is 0 Å². The summed E-state index contributed by atoms with van der Waals surface area (Å²) in [5, 5.41) is 12.6. The topological polar surface area (TPSA) is 17.8 Å². The summed E-state index contributed by atoms with van der Waals surface area (Å²) in [7, 11) is 0. The zero-order valence-electron chi connectivity index (χ0n) is 27.0. The Bertz CT molecular complexity index is 3050. The lowest BCUT2D eigenvalue weighted by molar-refractivity contribution is 1.14. The Hall–Kier alpha value is -6.29. The molecule has 0 bridgehead atoms. The summed E-state index contributed by atoms with van der Waals surface area (Å²) in [5.41, 5.74) is 8.40. The van der Waals surface area contributed by atoms with Gasteiger partial charge in [0.15, 0.2) is 0 Å². The molecule has 0 fully saturated rings. The largest absolute Gasteiger partial charge is 0.294 e. The highest BCUT2D eigenvalue weighted by molar-refractivity contribution is 7.25. The second-order valence-corrected chi connectivity index (χ2v) is 14.2. The average molecular weight is 653 g/mol. The number of fused-ring (bicyclic) bond motifs is 9. The summed E-state index contributed by atoms with van der Waals surface area (Å²) >= 11 is 1.87. The second kappa shape index (κ2) is 10.6. The van der Waals surface area contributed by atoms with Crippen LogP contribution in [0.4, 0.5) is 0 Å². The summed E-state index contributed by atoms with van der Waals surface area (Å²) in [4.78, 5) is 4.82. The van der Waals surface area contributed by atoms with E-state index in [1.807, 2.05) is 23.6 Å². The third-order valence-electron chi connectivity index (χ3n) is 10.4. The SMILES string of the molecule is c1ccc2c(-c3c4ccccc4c(-c4ccc5c(c4)sc4cc(-n6c7ccccc7c7cccnc76)ccc45)c4ccccc34)cccc2c1. The molecule has 0 aliphatic carbocycles. The minimum atomic E-state index is 0.988. The highest BCUT2D eigenvalue weighted by atomic mass is 32.1. The van der Waals surface area contributed by atoms with Crippen molar-refractivity contribution in [3.63, 3.8) is 0 Å². The molecule has 0 radical (unpaired) electrons. The van der Waals surface area contributed by atoms with Crippen LogP contribution < -0.4 is 0 Å². The molecular formula is C47H28N2S. The molecule has 3 aromatic heterocycles. The van der Waals surface area contributed by atoms with Crippen molar-refractivity contribution in [2.45, 2.75) is 0 Å². The van der Waals surface area contributed by atoms with Gasteiger partial charge in [-0.15, -0.1) is 11.3 Å². The Labute approximate surface area is 292 Å². The van der Waals surface area contributed by atoms with Crippen LogP contribution in [0.3, 0.4) is 0 Å². The molecular weight excluding hydrogens is 625 g/mol. The number of rotatable bonds is 3. The first-order valence-electron chi connectivity index (χ1n) is 17.0. The van der Waals surface area contributed by atoms with Crippen molar-refractivity contribution in [3.8, 4) is 27.9 Å². The van der Waals surface area contributed by atoms with E-state index in [9.17, 15) is 0 Å². The van der Waals surface area contributed by atoms with Gasteiger partial charge >= 0.3 is 0 Å². The number of aromatic nitrogens is 2. The van der Waals surface area contributed by atoms with Crippen LogP contribution >= 0.6 is 11.3 Å². The zero-order valence-corrected chi connectivity index (χ0v) is 27.8. The van der Waals surface area contributed by atoms with E-state index in [0.717, 1.165) is 11.3 Å². The highest BCUT2D eigenvalue weighted by Gasteiger charge is 2.19. The molecule has 0 unspecified atom stereocenters. The zero-order chi connectivity index (χ0) is 32.8. The Morgan fingerprint density at radius 2 is 1.02 bits per heavy atom. The maximum Gasteiger partial charge on any atom is 0.145 e. The molecule has 0 spiro atoms. The molecule has 0 atom stereocenters. The fourth-order valence-corrected chi connectivity index (χ4v) is 9.47. The molecule has 0 aliphatic rings. The fourth-order valence-electron chi connectivity index (χ4n) is 8.29. The van der Waals surface area contributed by atoms with Crippen LogP contribution in [-0.4, -0.2) is 9.55 Å². The summed E-state index contributed by atoms with van der Waals surface area (Å²) in [5.74, 6) is 0. The van der Waals surface area contributed by atoms with Gasteiger partial charge < -0.3 is 0 Å². The van der Waals surface area contributed by atoms with Gasteiger partial charge in [0.25, 0.3) is 0 Å². The summed E-state index contributed by atoms with van der Waals surface area (Å²) < 4.78 is 4.87. The Morgan fingerprint density at radius 3 is 1.80 bits per heavy atom. The first-order chi connectivity index (χ1) is 24.8. The van der Waals surface area contributed by atoms with Crippen LogP contribution in [0.25, 0.3) is 102 Å². The van der Waals surface area contributed by atoms with Crippen LogP contribution in [-0.2, 0) is 0 Å². The average Bonchev–Trinajstić information content (AvgIpc) is 3.71. The van der Waals surface area contributed by atoms with Gasteiger partial charge in [-0.1, -0.05) is 127 Å².